The van der Waals surface area contributed by atoms with Gasteiger partial charge in [-0.15, -0.1) is 5.10 Å². The number of halogens is 1. The Labute approximate surface area is 132 Å². The molecule has 0 aliphatic heterocycles. The van der Waals surface area contributed by atoms with Crippen molar-refractivity contribution in [1.82, 2.24) is 24.7 Å². The molecule has 0 saturated carbocycles. The zero-order valence-corrected chi connectivity index (χ0v) is 14.6. The molecule has 20 heavy (non-hydrogen) atoms. The maximum Gasteiger partial charge on any atom is 0.0886 e. The van der Waals surface area contributed by atoms with Gasteiger partial charge < -0.3 is 5.32 Å². The zero-order valence-electron chi connectivity index (χ0n) is 12.2. The first-order valence-corrected chi connectivity index (χ1v) is 8.38. The van der Waals surface area contributed by atoms with Gasteiger partial charge >= 0.3 is 0 Å². The van der Waals surface area contributed by atoms with Gasteiger partial charge in [-0.1, -0.05) is 17.8 Å². The second kappa shape index (κ2) is 6.78. The smallest absolute Gasteiger partial charge is 0.0886 e. The van der Waals surface area contributed by atoms with Crippen molar-refractivity contribution in [2.24, 2.45) is 0 Å². The minimum atomic E-state index is 0.0656. The fourth-order valence-corrected chi connectivity index (χ4v) is 3.58. The molecule has 110 valence electrons. The van der Waals surface area contributed by atoms with Crippen molar-refractivity contribution < 1.29 is 0 Å². The Morgan fingerprint density at radius 1 is 1.45 bits per heavy atom. The Morgan fingerprint density at radius 3 is 2.80 bits per heavy atom. The summed E-state index contributed by atoms with van der Waals surface area (Å²) in [5.41, 5.74) is 2.21. The highest BCUT2D eigenvalue weighted by Crippen LogP contribution is 2.33. The van der Waals surface area contributed by atoms with Gasteiger partial charge in [0.15, 0.2) is 0 Å². The molecule has 2 heterocycles. The van der Waals surface area contributed by atoms with Gasteiger partial charge in [0.2, 0.25) is 0 Å². The Bertz CT molecular complexity index is 563. The Hall–Kier alpha value is -0.790. The summed E-state index contributed by atoms with van der Waals surface area (Å²) in [5, 5.41) is 12.1. The highest BCUT2D eigenvalue weighted by Gasteiger charge is 2.26. The standard InChI is InChI=1S/C13H20BrN5S/c1-5-6-10-13(20-18-17-10)11(15-4)12-9(14)7-16-19(12)8(2)3/h7-8,11,15H,5-6H2,1-4H3. The number of nitrogens with one attached hydrogen (secondary N) is 1. The van der Waals surface area contributed by atoms with Crippen molar-refractivity contribution in [1.29, 1.82) is 0 Å². The highest BCUT2D eigenvalue weighted by molar-refractivity contribution is 9.10. The number of nitrogens with zero attached hydrogens (tertiary/aromatic N) is 4. The molecule has 0 aliphatic carbocycles. The fourth-order valence-electron chi connectivity index (χ4n) is 2.27. The number of rotatable bonds is 6. The third kappa shape index (κ3) is 2.94. The van der Waals surface area contributed by atoms with Gasteiger partial charge in [0.1, 0.15) is 0 Å². The Kier molecular flexibility index (Phi) is 5.29. The van der Waals surface area contributed by atoms with Crippen LogP contribution >= 0.6 is 27.5 Å². The molecule has 7 heteroatoms. The lowest BCUT2D eigenvalue weighted by Crippen LogP contribution is -2.23. The lowest BCUT2D eigenvalue weighted by Gasteiger charge is -2.20. The molecule has 1 N–H and O–H groups in total. The molecule has 1 atom stereocenters. The second-order valence-corrected chi connectivity index (χ2v) is 6.61. The highest BCUT2D eigenvalue weighted by atomic mass is 79.9. The minimum absolute atomic E-state index is 0.0656. The average molecular weight is 358 g/mol. The van der Waals surface area contributed by atoms with Crippen LogP contribution < -0.4 is 5.32 Å². The van der Waals surface area contributed by atoms with Crippen LogP contribution in [0.1, 0.15) is 55.5 Å². The fraction of sp³-hybridized carbons (Fsp3) is 0.615. The van der Waals surface area contributed by atoms with E-state index in [9.17, 15) is 0 Å². The predicted molar refractivity (Wildman–Crippen MR) is 85.1 cm³/mol. The molecule has 0 spiro atoms. The number of aromatic nitrogens is 4. The first-order chi connectivity index (χ1) is 9.60. The molecule has 0 aromatic carbocycles. The molecule has 0 amide bonds. The molecule has 0 fully saturated rings. The van der Waals surface area contributed by atoms with Crippen LogP contribution in [0.5, 0.6) is 0 Å². The lowest BCUT2D eigenvalue weighted by atomic mass is 10.1. The van der Waals surface area contributed by atoms with E-state index in [0.717, 1.165) is 28.7 Å². The van der Waals surface area contributed by atoms with Gasteiger partial charge in [-0.3, -0.25) is 4.68 Å². The van der Waals surface area contributed by atoms with E-state index in [1.54, 1.807) is 0 Å². The number of hydrogen-bond acceptors (Lipinski definition) is 5. The van der Waals surface area contributed by atoms with Crippen LogP contribution in [0.15, 0.2) is 10.7 Å². The maximum atomic E-state index is 4.46. The summed E-state index contributed by atoms with van der Waals surface area (Å²) in [5.74, 6) is 0. The summed E-state index contributed by atoms with van der Waals surface area (Å²) in [6, 6.07) is 0.374. The molecular formula is C13H20BrN5S. The summed E-state index contributed by atoms with van der Waals surface area (Å²) >= 11 is 5.08. The molecule has 2 rings (SSSR count). The van der Waals surface area contributed by atoms with Crippen LogP contribution in [0.4, 0.5) is 0 Å². The van der Waals surface area contributed by atoms with Crippen LogP contribution in [0.25, 0.3) is 0 Å². The molecule has 5 nitrogen and oxygen atoms in total. The third-order valence-electron chi connectivity index (χ3n) is 3.17. The Balaban J connectivity index is 2.47. The molecule has 0 bridgehead atoms. The van der Waals surface area contributed by atoms with Crippen molar-refractivity contribution in [2.45, 2.75) is 45.7 Å². The minimum Gasteiger partial charge on any atom is -0.307 e. The SMILES string of the molecule is CCCc1nnsc1C(NC)c1c(Br)cnn1C(C)C. The van der Waals surface area contributed by atoms with E-state index in [0.29, 0.717) is 6.04 Å². The van der Waals surface area contributed by atoms with Crippen LogP contribution in [0.3, 0.4) is 0 Å². The quantitative estimate of drug-likeness (QED) is 0.861. The molecule has 0 aliphatic rings. The first-order valence-electron chi connectivity index (χ1n) is 6.81. The average Bonchev–Trinajstić information content (AvgIpc) is 3.00. The molecule has 2 aromatic heterocycles. The van der Waals surface area contributed by atoms with Crippen LogP contribution in [-0.4, -0.2) is 26.4 Å². The Morgan fingerprint density at radius 2 is 2.20 bits per heavy atom. The molecule has 1 unspecified atom stereocenters. The second-order valence-electron chi connectivity index (χ2n) is 4.97. The normalized spacial score (nSPS) is 13.1. The van der Waals surface area contributed by atoms with Crippen molar-refractivity contribution >= 4 is 27.5 Å². The van der Waals surface area contributed by atoms with Crippen LogP contribution in [0, 0.1) is 0 Å². The number of hydrogen-bond donors (Lipinski definition) is 1. The van der Waals surface area contributed by atoms with Crippen molar-refractivity contribution in [2.75, 3.05) is 7.05 Å². The molecule has 2 aromatic rings. The zero-order chi connectivity index (χ0) is 14.7. The summed E-state index contributed by atoms with van der Waals surface area (Å²) in [7, 11) is 1.96. The lowest BCUT2D eigenvalue weighted by molar-refractivity contribution is 0.484. The van der Waals surface area contributed by atoms with Gasteiger partial charge in [0.05, 0.1) is 33.0 Å². The van der Waals surface area contributed by atoms with Crippen molar-refractivity contribution in [3.05, 3.63) is 26.9 Å². The monoisotopic (exact) mass is 357 g/mol. The summed E-state index contributed by atoms with van der Waals surface area (Å²) in [6.45, 7) is 6.42. The largest absolute Gasteiger partial charge is 0.307 e. The van der Waals surface area contributed by atoms with E-state index in [1.165, 1.54) is 16.4 Å². The van der Waals surface area contributed by atoms with Crippen LogP contribution in [0.2, 0.25) is 0 Å². The van der Waals surface area contributed by atoms with Gasteiger partial charge in [-0.2, -0.15) is 5.10 Å². The van der Waals surface area contributed by atoms with E-state index in [-0.39, 0.29) is 6.04 Å². The van der Waals surface area contributed by atoms with E-state index in [1.807, 2.05) is 17.9 Å². The summed E-state index contributed by atoms with van der Waals surface area (Å²) < 4.78 is 7.19. The third-order valence-corrected chi connectivity index (χ3v) is 4.61. The topological polar surface area (TPSA) is 55.6 Å². The molecule has 0 radical (unpaired) electrons. The summed E-state index contributed by atoms with van der Waals surface area (Å²) in [6.07, 6.45) is 3.88. The van der Waals surface area contributed by atoms with Crippen LogP contribution in [-0.2, 0) is 6.42 Å². The summed E-state index contributed by atoms with van der Waals surface area (Å²) in [4.78, 5) is 1.18. The van der Waals surface area contributed by atoms with E-state index >= 15 is 0 Å². The van der Waals surface area contributed by atoms with E-state index in [4.69, 9.17) is 0 Å². The predicted octanol–water partition coefficient (Wildman–Crippen LogP) is 3.34. The molecular weight excluding hydrogens is 338 g/mol. The van der Waals surface area contributed by atoms with Gasteiger partial charge in [-0.05, 0) is 54.8 Å². The van der Waals surface area contributed by atoms with E-state index in [2.05, 4.69) is 56.7 Å². The van der Waals surface area contributed by atoms with Gasteiger partial charge in [0, 0.05) is 6.04 Å². The van der Waals surface area contributed by atoms with Gasteiger partial charge in [0.25, 0.3) is 0 Å². The van der Waals surface area contributed by atoms with E-state index < -0.39 is 0 Å². The van der Waals surface area contributed by atoms with Gasteiger partial charge in [-0.25, -0.2) is 0 Å². The maximum absolute atomic E-state index is 4.46. The first kappa shape index (κ1) is 15.6. The number of aryl methyl sites for hydroxylation is 1. The van der Waals surface area contributed by atoms with Crippen molar-refractivity contribution in [3.8, 4) is 0 Å². The molecule has 0 saturated heterocycles. The van der Waals surface area contributed by atoms with Crippen molar-refractivity contribution in [3.63, 3.8) is 0 Å².